The molecular weight excluding hydrogens is 355 g/mol. The number of thiophene rings is 1. The minimum atomic E-state index is -0.470. The van der Waals surface area contributed by atoms with Gasteiger partial charge in [0.25, 0.3) is 5.91 Å². The Morgan fingerprint density at radius 1 is 1.22 bits per heavy atom. The van der Waals surface area contributed by atoms with E-state index in [0.29, 0.717) is 33.6 Å². The predicted octanol–water partition coefficient (Wildman–Crippen LogP) is 4.30. The van der Waals surface area contributed by atoms with Gasteiger partial charge in [0.15, 0.2) is 0 Å². The molecule has 4 nitrogen and oxygen atoms in total. The summed E-state index contributed by atoms with van der Waals surface area (Å²) >= 11 is 13.3. The van der Waals surface area contributed by atoms with E-state index in [1.807, 2.05) is 11.4 Å². The fourth-order valence-corrected chi connectivity index (χ4v) is 3.88. The van der Waals surface area contributed by atoms with Crippen LogP contribution >= 0.6 is 34.5 Å². The van der Waals surface area contributed by atoms with Gasteiger partial charge in [0, 0.05) is 22.3 Å². The molecule has 1 N–H and O–H groups in total. The molecule has 0 radical (unpaired) electrons. The van der Waals surface area contributed by atoms with E-state index in [1.165, 1.54) is 11.3 Å². The third-order valence-electron chi connectivity index (χ3n) is 3.68. The van der Waals surface area contributed by atoms with Crippen molar-refractivity contribution < 1.29 is 9.59 Å². The van der Waals surface area contributed by atoms with Gasteiger partial charge < -0.3 is 10.2 Å². The number of carbonyl (C=O) groups excluding carboxylic acids is 2. The van der Waals surface area contributed by atoms with Crippen molar-refractivity contribution >= 4 is 52.0 Å². The van der Waals surface area contributed by atoms with Crippen molar-refractivity contribution in [1.29, 1.82) is 0 Å². The van der Waals surface area contributed by atoms with Gasteiger partial charge in [-0.1, -0.05) is 29.3 Å². The summed E-state index contributed by atoms with van der Waals surface area (Å²) in [5.74, 6) is -0.312. The Morgan fingerprint density at radius 2 is 1.96 bits per heavy atom. The molecule has 2 heterocycles. The number of hydrogen-bond donors (Lipinski definition) is 1. The first kappa shape index (κ1) is 16.3. The van der Waals surface area contributed by atoms with Crippen LogP contribution < -0.4 is 5.32 Å². The number of hydrogen-bond acceptors (Lipinski definition) is 3. The van der Waals surface area contributed by atoms with Crippen molar-refractivity contribution in [3.8, 4) is 0 Å². The summed E-state index contributed by atoms with van der Waals surface area (Å²) in [6.45, 7) is 0.588. The Bertz CT molecular complexity index is 713. The summed E-state index contributed by atoms with van der Waals surface area (Å²) in [6, 6.07) is 7.99. The zero-order valence-electron chi connectivity index (χ0n) is 12.1. The molecule has 7 heteroatoms. The van der Waals surface area contributed by atoms with Gasteiger partial charge in [0.05, 0.1) is 4.88 Å². The first-order valence-corrected chi connectivity index (χ1v) is 8.79. The molecule has 1 unspecified atom stereocenters. The lowest BCUT2D eigenvalue weighted by molar-refractivity contribution is -0.119. The van der Waals surface area contributed by atoms with E-state index in [4.69, 9.17) is 23.2 Å². The molecule has 1 aliphatic rings. The summed E-state index contributed by atoms with van der Waals surface area (Å²) in [7, 11) is 0. The molecule has 120 valence electrons. The first-order valence-electron chi connectivity index (χ1n) is 7.16. The number of amides is 2. The van der Waals surface area contributed by atoms with Gasteiger partial charge in [0.2, 0.25) is 5.91 Å². The van der Waals surface area contributed by atoms with E-state index in [-0.39, 0.29) is 11.8 Å². The van der Waals surface area contributed by atoms with Crippen LogP contribution in [0.25, 0.3) is 0 Å². The monoisotopic (exact) mass is 368 g/mol. The molecule has 0 spiro atoms. The number of nitrogens with zero attached hydrogens (tertiary/aromatic N) is 1. The van der Waals surface area contributed by atoms with Crippen LogP contribution in [0, 0.1) is 0 Å². The Morgan fingerprint density at radius 3 is 2.61 bits per heavy atom. The highest BCUT2D eigenvalue weighted by Crippen LogP contribution is 2.26. The molecule has 0 saturated carbocycles. The van der Waals surface area contributed by atoms with Gasteiger partial charge in [-0.05, 0) is 42.5 Å². The SMILES string of the molecule is O=C(Nc1cc(Cl)cc(Cl)c1)C1CCCN1C(=O)c1cccs1. The molecule has 2 aromatic rings. The van der Waals surface area contributed by atoms with E-state index in [9.17, 15) is 9.59 Å². The van der Waals surface area contributed by atoms with Gasteiger partial charge in [-0.3, -0.25) is 9.59 Å². The highest BCUT2D eigenvalue weighted by Gasteiger charge is 2.34. The second-order valence-electron chi connectivity index (χ2n) is 5.28. The zero-order chi connectivity index (χ0) is 16.4. The Hall–Kier alpha value is -1.56. The minimum absolute atomic E-state index is 0.0956. The van der Waals surface area contributed by atoms with E-state index in [0.717, 1.165) is 6.42 Å². The summed E-state index contributed by atoms with van der Waals surface area (Å²) in [5.41, 5.74) is 0.530. The Kier molecular flexibility index (Phi) is 4.90. The molecular formula is C16H14Cl2N2O2S. The number of anilines is 1. The Balaban J connectivity index is 1.74. The van der Waals surface area contributed by atoms with Crippen molar-refractivity contribution in [2.45, 2.75) is 18.9 Å². The third kappa shape index (κ3) is 3.68. The van der Waals surface area contributed by atoms with Gasteiger partial charge in [-0.25, -0.2) is 0 Å². The van der Waals surface area contributed by atoms with Crippen LogP contribution in [0.4, 0.5) is 5.69 Å². The second kappa shape index (κ2) is 6.91. The fraction of sp³-hybridized carbons (Fsp3) is 0.250. The number of halogens is 2. The highest BCUT2D eigenvalue weighted by atomic mass is 35.5. The molecule has 3 rings (SSSR count). The molecule has 0 bridgehead atoms. The lowest BCUT2D eigenvalue weighted by Gasteiger charge is -2.23. The fourth-order valence-electron chi connectivity index (χ4n) is 2.68. The van der Waals surface area contributed by atoms with Crippen molar-refractivity contribution in [1.82, 2.24) is 4.90 Å². The third-order valence-corrected chi connectivity index (χ3v) is 4.97. The van der Waals surface area contributed by atoms with Crippen LogP contribution in [0.15, 0.2) is 35.7 Å². The zero-order valence-corrected chi connectivity index (χ0v) is 14.4. The summed E-state index contributed by atoms with van der Waals surface area (Å²) < 4.78 is 0. The van der Waals surface area contributed by atoms with Crippen molar-refractivity contribution in [3.63, 3.8) is 0 Å². The summed E-state index contributed by atoms with van der Waals surface area (Å²) in [4.78, 5) is 27.3. The molecule has 23 heavy (non-hydrogen) atoms. The van der Waals surface area contributed by atoms with Crippen molar-refractivity contribution in [3.05, 3.63) is 50.6 Å². The molecule has 1 atom stereocenters. The summed E-state index contributed by atoms with van der Waals surface area (Å²) in [6.07, 6.45) is 1.46. The van der Waals surface area contributed by atoms with Crippen LogP contribution in [-0.2, 0) is 4.79 Å². The quantitative estimate of drug-likeness (QED) is 0.877. The van der Waals surface area contributed by atoms with Gasteiger partial charge >= 0.3 is 0 Å². The second-order valence-corrected chi connectivity index (χ2v) is 7.10. The molecule has 1 saturated heterocycles. The lowest BCUT2D eigenvalue weighted by Crippen LogP contribution is -2.42. The van der Waals surface area contributed by atoms with Crippen molar-refractivity contribution in [2.24, 2.45) is 0 Å². The molecule has 2 amide bonds. The largest absolute Gasteiger partial charge is 0.326 e. The van der Waals surface area contributed by atoms with E-state index in [2.05, 4.69) is 5.32 Å². The van der Waals surface area contributed by atoms with E-state index in [1.54, 1.807) is 29.2 Å². The van der Waals surface area contributed by atoms with Crippen LogP contribution in [0.1, 0.15) is 22.5 Å². The number of likely N-dealkylation sites (tertiary alicyclic amines) is 1. The van der Waals surface area contributed by atoms with E-state index >= 15 is 0 Å². The number of carbonyl (C=O) groups is 2. The Labute approximate surface area is 148 Å². The lowest BCUT2D eigenvalue weighted by atomic mass is 10.2. The minimum Gasteiger partial charge on any atom is -0.326 e. The number of benzene rings is 1. The molecule has 1 aromatic heterocycles. The molecule has 0 aliphatic carbocycles. The van der Waals surface area contributed by atoms with Crippen LogP contribution in [-0.4, -0.2) is 29.3 Å². The van der Waals surface area contributed by atoms with Crippen LogP contribution in [0.5, 0.6) is 0 Å². The van der Waals surface area contributed by atoms with Crippen LogP contribution in [0.2, 0.25) is 10.0 Å². The highest BCUT2D eigenvalue weighted by molar-refractivity contribution is 7.12. The van der Waals surface area contributed by atoms with E-state index < -0.39 is 6.04 Å². The molecule has 1 aromatic carbocycles. The molecule has 1 aliphatic heterocycles. The van der Waals surface area contributed by atoms with Gasteiger partial charge in [-0.15, -0.1) is 11.3 Å². The first-order chi connectivity index (χ1) is 11.0. The van der Waals surface area contributed by atoms with Gasteiger partial charge in [0.1, 0.15) is 6.04 Å². The van der Waals surface area contributed by atoms with Gasteiger partial charge in [-0.2, -0.15) is 0 Å². The average Bonchev–Trinajstić information content (AvgIpc) is 3.17. The smallest absolute Gasteiger partial charge is 0.264 e. The standard InChI is InChI=1S/C16H14Cl2N2O2S/c17-10-7-11(18)9-12(8-10)19-15(21)13-3-1-5-20(13)16(22)14-4-2-6-23-14/h2,4,6-9,13H,1,3,5H2,(H,19,21). The average molecular weight is 369 g/mol. The normalized spacial score (nSPS) is 17.3. The topological polar surface area (TPSA) is 49.4 Å². The maximum atomic E-state index is 12.5. The van der Waals surface area contributed by atoms with Crippen LogP contribution in [0.3, 0.4) is 0 Å². The maximum absolute atomic E-state index is 12.5. The predicted molar refractivity (Wildman–Crippen MR) is 93.5 cm³/mol. The number of rotatable bonds is 3. The van der Waals surface area contributed by atoms with Crippen molar-refractivity contribution in [2.75, 3.05) is 11.9 Å². The summed E-state index contributed by atoms with van der Waals surface area (Å²) in [5, 5.41) is 5.55. The maximum Gasteiger partial charge on any atom is 0.264 e. The number of nitrogens with one attached hydrogen (secondary N) is 1. The molecule has 1 fully saturated rings.